The van der Waals surface area contributed by atoms with Crippen LogP contribution in [0.3, 0.4) is 0 Å². The van der Waals surface area contributed by atoms with E-state index < -0.39 is 0 Å². The molecule has 0 bridgehead atoms. The minimum atomic E-state index is 0.370. The van der Waals surface area contributed by atoms with E-state index in [9.17, 15) is 0 Å². The van der Waals surface area contributed by atoms with Crippen LogP contribution in [0.15, 0.2) is 0 Å². The summed E-state index contributed by atoms with van der Waals surface area (Å²) in [7, 11) is 0. The summed E-state index contributed by atoms with van der Waals surface area (Å²) in [5.41, 5.74) is 0.370. The van der Waals surface area contributed by atoms with Crippen molar-refractivity contribution in [1.29, 1.82) is 0 Å². The van der Waals surface area contributed by atoms with Crippen LogP contribution in [-0.4, -0.2) is 36.1 Å². The molecule has 2 rings (SSSR count). The van der Waals surface area contributed by atoms with E-state index in [1.165, 1.54) is 45.2 Å². The third kappa shape index (κ3) is 3.52. The quantitative estimate of drug-likeness (QED) is 0.820. The molecule has 0 aromatic carbocycles. The van der Waals surface area contributed by atoms with Crippen molar-refractivity contribution >= 4 is 0 Å². The van der Waals surface area contributed by atoms with Gasteiger partial charge in [0.05, 0.1) is 0 Å². The number of nitrogens with zero attached hydrogens (tertiary/aromatic N) is 1. The molecule has 4 atom stereocenters. The zero-order chi connectivity index (χ0) is 14.0. The van der Waals surface area contributed by atoms with Crippen LogP contribution >= 0.6 is 0 Å². The molecule has 19 heavy (non-hydrogen) atoms. The molecule has 1 saturated heterocycles. The van der Waals surface area contributed by atoms with Crippen LogP contribution in [0.5, 0.6) is 0 Å². The Kier molecular flexibility index (Phi) is 4.94. The lowest BCUT2D eigenvalue weighted by Crippen LogP contribution is -2.63. The first-order valence-electron chi connectivity index (χ1n) is 8.42. The lowest BCUT2D eigenvalue weighted by molar-refractivity contribution is 0.0129. The highest BCUT2D eigenvalue weighted by Crippen LogP contribution is 2.33. The van der Waals surface area contributed by atoms with E-state index in [1.807, 2.05) is 0 Å². The number of rotatable bonds is 2. The van der Waals surface area contributed by atoms with Gasteiger partial charge < -0.3 is 5.32 Å². The van der Waals surface area contributed by atoms with E-state index in [-0.39, 0.29) is 0 Å². The van der Waals surface area contributed by atoms with Gasteiger partial charge in [-0.1, -0.05) is 47.5 Å². The van der Waals surface area contributed by atoms with Crippen LogP contribution in [-0.2, 0) is 0 Å². The van der Waals surface area contributed by atoms with Crippen molar-refractivity contribution in [3.63, 3.8) is 0 Å². The van der Waals surface area contributed by atoms with Crippen LogP contribution in [0.4, 0.5) is 0 Å². The van der Waals surface area contributed by atoms with Crippen molar-refractivity contribution < 1.29 is 0 Å². The average Bonchev–Trinajstić information content (AvgIpc) is 2.37. The second kappa shape index (κ2) is 6.13. The highest BCUT2D eigenvalue weighted by atomic mass is 15.3. The molecule has 0 amide bonds. The highest BCUT2D eigenvalue weighted by molar-refractivity contribution is 4.95. The van der Waals surface area contributed by atoms with E-state index in [0.29, 0.717) is 11.5 Å². The Bertz CT molecular complexity index is 281. The number of hydrogen-bond acceptors (Lipinski definition) is 2. The fraction of sp³-hybridized carbons (Fsp3) is 1.00. The first-order valence-corrected chi connectivity index (χ1v) is 8.42. The summed E-state index contributed by atoms with van der Waals surface area (Å²) in [6, 6.07) is 2.24. The highest BCUT2D eigenvalue weighted by Gasteiger charge is 2.38. The minimum Gasteiger partial charge on any atom is -0.311 e. The molecule has 0 aromatic heterocycles. The Morgan fingerprint density at radius 1 is 1.16 bits per heavy atom. The molecule has 2 aliphatic rings. The molecule has 1 aliphatic carbocycles. The van der Waals surface area contributed by atoms with Gasteiger partial charge in [-0.25, -0.2) is 0 Å². The second-order valence-electron chi connectivity index (χ2n) is 7.91. The summed E-state index contributed by atoms with van der Waals surface area (Å²) >= 11 is 0. The average molecular weight is 266 g/mol. The van der Waals surface area contributed by atoms with E-state index in [0.717, 1.165) is 18.0 Å². The Balaban J connectivity index is 2.09. The Labute approximate surface area is 120 Å². The van der Waals surface area contributed by atoms with Gasteiger partial charge in [0.1, 0.15) is 0 Å². The standard InChI is InChI=1S/C17H34N2/c1-6-14-11-18-16(17(3,4)5)12-19(14)15-10-8-7-9-13(15)2/h13-16,18H,6-12H2,1-5H3. The van der Waals surface area contributed by atoms with Gasteiger partial charge >= 0.3 is 0 Å². The number of nitrogens with one attached hydrogen (secondary N) is 1. The fourth-order valence-corrected chi connectivity index (χ4v) is 3.97. The van der Waals surface area contributed by atoms with Gasteiger partial charge in [0.15, 0.2) is 0 Å². The van der Waals surface area contributed by atoms with Gasteiger partial charge in [-0.15, -0.1) is 0 Å². The Morgan fingerprint density at radius 3 is 2.42 bits per heavy atom. The SMILES string of the molecule is CCC1CNC(C(C)(C)C)CN1C1CCCCC1C. The Hall–Kier alpha value is -0.0800. The molecule has 0 aromatic rings. The number of piperazine rings is 1. The van der Waals surface area contributed by atoms with Crippen molar-refractivity contribution in [3.05, 3.63) is 0 Å². The third-order valence-corrected chi connectivity index (χ3v) is 5.47. The predicted octanol–water partition coefficient (Wildman–Crippen LogP) is 3.66. The molecule has 1 heterocycles. The topological polar surface area (TPSA) is 15.3 Å². The van der Waals surface area contributed by atoms with Crippen molar-refractivity contribution in [2.24, 2.45) is 11.3 Å². The fourth-order valence-electron chi connectivity index (χ4n) is 3.97. The molecule has 1 saturated carbocycles. The molecular formula is C17H34N2. The lowest BCUT2D eigenvalue weighted by atomic mass is 9.80. The minimum absolute atomic E-state index is 0.370. The van der Waals surface area contributed by atoms with Gasteiger partial charge in [-0.2, -0.15) is 0 Å². The summed E-state index contributed by atoms with van der Waals surface area (Å²) in [6.07, 6.45) is 7.03. The maximum atomic E-state index is 3.80. The second-order valence-corrected chi connectivity index (χ2v) is 7.91. The zero-order valence-electron chi connectivity index (χ0n) is 13.7. The predicted molar refractivity (Wildman–Crippen MR) is 83.5 cm³/mol. The Morgan fingerprint density at radius 2 is 1.84 bits per heavy atom. The first-order chi connectivity index (χ1) is 8.93. The van der Waals surface area contributed by atoms with E-state index >= 15 is 0 Å². The normalized spacial score (nSPS) is 38.4. The van der Waals surface area contributed by atoms with Crippen molar-refractivity contribution in [3.8, 4) is 0 Å². The van der Waals surface area contributed by atoms with Gasteiger partial charge in [-0.05, 0) is 30.6 Å². The van der Waals surface area contributed by atoms with Crippen LogP contribution in [0.1, 0.15) is 66.7 Å². The summed E-state index contributed by atoms with van der Waals surface area (Å²) in [4.78, 5) is 2.87. The summed E-state index contributed by atoms with van der Waals surface area (Å²) in [5, 5.41) is 3.80. The summed E-state index contributed by atoms with van der Waals surface area (Å²) < 4.78 is 0. The van der Waals surface area contributed by atoms with E-state index in [4.69, 9.17) is 0 Å². The zero-order valence-corrected chi connectivity index (χ0v) is 13.7. The first kappa shape index (κ1) is 15.3. The molecule has 1 N–H and O–H groups in total. The molecule has 0 radical (unpaired) electrons. The molecular weight excluding hydrogens is 232 g/mol. The van der Waals surface area contributed by atoms with Crippen LogP contribution in [0, 0.1) is 11.3 Å². The van der Waals surface area contributed by atoms with E-state index in [2.05, 4.69) is 44.8 Å². The largest absolute Gasteiger partial charge is 0.311 e. The summed E-state index contributed by atoms with van der Waals surface area (Å²) in [6.45, 7) is 14.4. The maximum Gasteiger partial charge on any atom is 0.0244 e. The molecule has 112 valence electrons. The summed E-state index contributed by atoms with van der Waals surface area (Å²) in [5.74, 6) is 0.890. The van der Waals surface area contributed by atoms with Crippen molar-refractivity contribution in [2.45, 2.75) is 84.8 Å². The van der Waals surface area contributed by atoms with Crippen molar-refractivity contribution in [1.82, 2.24) is 10.2 Å². The molecule has 0 spiro atoms. The van der Waals surface area contributed by atoms with Gasteiger partial charge in [0.25, 0.3) is 0 Å². The number of hydrogen-bond donors (Lipinski definition) is 1. The molecule has 2 heteroatoms. The maximum absolute atomic E-state index is 3.80. The van der Waals surface area contributed by atoms with Crippen molar-refractivity contribution in [2.75, 3.05) is 13.1 Å². The van der Waals surface area contributed by atoms with Gasteiger partial charge in [-0.3, -0.25) is 4.90 Å². The third-order valence-electron chi connectivity index (χ3n) is 5.47. The monoisotopic (exact) mass is 266 g/mol. The van der Waals surface area contributed by atoms with E-state index in [1.54, 1.807) is 0 Å². The van der Waals surface area contributed by atoms with Gasteiger partial charge in [0.2, 0.25) is 0 Å². The van der Waals surface area contributed by atoms with Gasteiger partial charge in [0, 0.05) is 31.2 Å². The van der Waals surface area contributed by atoms with Crippen LogP contribution in [0.25, 0.3) is 0 Å². The molecule has 1 aliphatic heterocycles. The molecule has 2 nitrogen and oxygen atoms in total. The smallest absolute Gasteiger partial charge is 0.0244 e. The van der Waals surface area contributed by atoms with Crippen LogP contribution < -0.4 is 5.32 Å². The van der Waals surface area contributed by atoms with Crippen LogP contribution in [0.2, 0.25) is 0 Å². The lowest BCUT2D eigenvalue weighted by Gasteiger charge is -2.50. The molecule has 2 fully saturated rings. The molecule has 4 unspecified atom stereocenters.